The first-order valence-corrected chi connectivity index (χ1v) is 13.4. The molecule has 0 aromatic heterocycles. The number of aliphatic hydroxyl groups is 1. The highest BCUT2D eigenvalue weighted by molar-refractivity contribution is 5.97. The van der Waals surface area contributed by atoms with Crippen molar-refractivity contribution in [3.63, 3.8) is 0 Å². The van der Waals surface area contributed by atoms with E-state index >= 15 is 0 Å². The van der Waals surface area contributed by atoms with E-state index in [0.29, 0.717) is 53.4 Å². The largest absolute Gasteiger partial charge is 0.478 e. The first kappa shape index (κ1) is 26.4. The smallest absolute Gasteiger partial charge is 0.335 e. The van der Waals surface area contributed by atoms with E-state index in [1.165, 1.54) is 25.7 Å². The zero-order chi connectivity index (χ0) is 26.1. The highest BCUT2D eigenvalue weighted by Gasteiger charge is 2.59. The molecule has 0 saturated heterocycles. The molecule has 0 radical (unpaired) electrons. The molecule has 3 saturated carbocycles. The van der Waals surface area contributed by atoms with Crippen LogP contribution in [0.25, 0.3) is 10.4 Å². The van der Waals surface area contributed by atoms with Gasteiger partial charge in [0.1, 0.15) is 0 Å². The number of carbonyl (C=O) groups excluding carboxylic acids is 1. The van der Waals surface area contributed by atoms with Crippen LogP contribution in [-0.2, 0) is 4.79 Å². The van der Waals surface area contributed by atoms with Crippen molar-refractivity contribution in [2.24, 2.45) is 45.5 Å². The quantitative estimate of drug-likeness (QED) is 0.272. The van der Waals surface area contributed by atoms with Crippen LogP contribution in [0.15, 0.2) is 46.7 Å². The Bertz CT molecular complexity index is 1080. The maximum atomic E-state index is 12.4. The first-order chi connectivity index (χ1) is 17.2. The Morgan fingerprint density at radius 2 is 1.83 bits per heavy atom. The number of hydrogen-bond donors (Lipinski definition) is 2. The lowest BCUT2D eigenvalue weighted by atomic mass is 9.46. The summed E-state index contributed by atoms with van der Waals surface area (Å²) in [6, 6.07) is 8.30. The number of azide groups is 1. The summed E-state index contributed by atoms with van der Waals surface area (Å²) in [6.07, 6.45) is 8.40. The number of ketones is 1. The molecule has 1 aromatic rings. The topological polar surface area (TPSA) is 123 Å². The zero-order valence-electron chi connectivity index (χ0n) is 21.7. The van der Waals surface area contributed by atoms with E-state index in [0.717, 1.165) is 30.8 Å². The van der Waals surface area contributed by atoms with Gasteiger partial charge < -0.3 is 10.2 Å². The minimum absolute atomic E-state index is 0.0162. The number of aliphatic hydroxyl groups excluding tert-OH is 1. The van der Waals surface area contributed by atoms with Crippen molar-refractivity contribution in [3.8, 4) is 0 Å². The number of Topliss-reactive ketones (excluding diaryl/α,β-unsaturated/α-hetero) is 1. The van der Waals surface area contributed by atoms with E-state index in [-0.39, 0.29) is 11.2 Å². The van der Waals surface area contributed by atoms with Crippen molar-refractivity contribution >= 4 is 11.8 Å². The lowest BCUT2D eigenvalue weighted by Crippen LogP contribution is -2.51. The molecule has 7 atom stereocenters. The van der Waals surface area contributed by atoms with E-state index in [1.807, 2.05) is 0 Å². The van der Waals surface area contributed by atoms with E-state index in [4.69, 9.17) is 10.6 Å². The zero-order valence-corrected chi connectivity index (χ0v) is 21.7. The summed E-state index contributed by atoms with van der Waals surface area (Å²) >= 11 is 0. The molecule has 3 fully saturated rings. The summed E-state index contributed by atoms with van der Waals surface area (Å²) in [6.45, 7) is 7.33. The molecule has 0 spiro atoms. The Kier molecular flexibility index (Phi) is 7.63. The average molecular weight is 494 g/mol. The number of carbonyl (C=O) groups is 2. The predicted octanol–water partition coefficient (Wildman–Crippen LogP) is 6.79. The van der Waals surface area contributed by atoms with Gasteiger partial charge in [-0.25, -0.2) is 4.79 Å². The molecule has 4 aliphatic carbocycles. The minimum atomic E-state index is -0.879. The van der Waals surface area contributed by atoms with E-state index in [9.17, 15) is 14.7 Å². The van der Waals surface area contributed by atoms with Crippen LogP contribution in [0, 0.1) is 40.4 Å². The fourth-order valence-corrected chi connectivity index (χ4v) is 8.53. The van der Waals surface area contributed by atoms with Crippen LogP contribution in [0.1, 0.15) is 82.5 Å². The van der Waals surface area contributed by atoms with E-state index < -0.39 is 5.97 Å². The van der Waals surface area contributed by atoms with Gasteiger partial charge in [-0.05, 0) is 103 Å². The molecule has 2 N–H and O–H groups in total. The maximum absolute atomic E-state index is 12.4. The number of allylic oxidation sites excluding steroid dienone is 1. The maximum Gasteiger partial charge on any atom is 0.335 e. The molecule has 0 bridgehead atoms. The number of benzene rings is 1. The second-order valence-corrected chi connectivity index (χ2v) is 11.8. The molecular formula is C29H39N3O4. The third kappa shape index (κ3) is 4.48. The van der Waals surface area contributed by atoms with Gasteiger partial charge in [-0.15, -0.1) is 0 Å². The normalized spacial score (nSPS) is 35.8. The fourth-order valence-electron chi connectivity index (χ4n) is 8.53. The number of rotatable bonds is 4. The van der Waals surface area contributed by atoms with Gasteiger partial charge in [0.25, 0.3) is 0 Å². The molecule has 0 heterocycles. The molecule has 0 amide bonds. The van der Waals surface area contributed by atoms with Crippen LogP contribution < -0.4 is 0 Å². The van der Waals surface area contributed by atoms with E-state index in [2.05, 4.69) is 30.8 Å². The molecule has 7 heteroatoms. The summed E-state index contributed by atoms with van der Waals surface area (Å²) in [4.78, 5) is 25.5. The first-order valence-electron chi connectivity index (χ1n) is 13.4. The minimum Gasteiger partial charge on any atom is -0.478 e. The van der Waals surface area contributed by atoms with Crippen molar-refractivity contribution in [1.29, 1.82) is 0 Å². The van der Waals surface area contributed by atoms with Crippen LogP contribution in [0.5, 0.6) is 0 Å². The Labute approximate surface area is 213 Å². The number of carboxylic acids is 1. The highest BCUT2D eigenvalue weighted by Crippen LogP contribution is 2.67. The van der Waals surface area contributed by atoms with Crippen LogP contribution in [0.3, 0.4) is 0 Å². The van der Waals surface area contributed by atoms with Crippen LogP contribution in [0.4, 0.5) is 0 Å². The Morgan fingerprint density at radius 1 is 1.11 bits per heavy atom. The van der Waals surface area contributed by atoms with Crippen molar-refractivity contribution in [2.75, 3.05) is 6.61 Å². The monoisotopic (exact) mass is 493 g/mol. The average Bonchev–Trinajstić information content (AvgIpc) is 3.24. The summed E-state index contributed by atoms with van der Waals surface area (Å²) in [5, 5.41) is 22.0. The summed E-state index contributed by atoms with van der Waals surface area (Å²) < 4.78 is 0. The molecule has 5 rings (SSSR count). The second-order valence-electron chi connectivity index (χ2n) is 11.8. The molecule has 194 valence electrons. The molecule has 0 unspecified atom stereocenters. The van der Waals surface area contributed by atoms with Gasteiger partial charge in [0.05, 0.1) is 11.3 Å². The Balaban J connectivity index is 0.000000286. The van der Waals surface area contributed by atoms with Gasteiger partial charge in [0, 0.05) is 17.9 Å². The number of aromatic carboxylic acids is 1. The molecule has 4 aliphatic rings. The van der Waals surface area contributed by atoms with Gasteiger partial charge in [-0.2, -0.15) is 0 Å². The predicted molar refractivity (Wildman–Crippen MR) is 138 cm³/mol. The third-order valence-corrected chi connectivity index (χ3v) is 10.3. The molecule has 0 aliphatic heterocycles. The van der Waals surface area contributed by atoms with Crippen molar-refractivity contribution in [2.45, 2.75) is 72.1 Å². The fraction of sp³-hybridized carbons (Fsp3) is 0.655. The van der Waals surface area contributed by atoms with Gasteiger partial charge in [-0.3, -0.25) is 4.79 Å². The van der Waals surface area contributed by atoms with Crippen LogP contribution >= 0.6 is 0 Å². The summed E-state index contributed by atoms with van der Waals surface area (Å²) in [5.74, 6) is 2.20. The van der Waals surface area contributed by atoms with Crippen molar-refractivity contribution in [3.05, 3.63) is 57.6 Å². The SMILES string of the molecule is C[C@H](CO)[C@H]1CC[C@H]2[C@@H]3CCC4=C(N=[N+]=[N-])C(=O)CC[C@]4(C)[C@H]3CC[C@]12C.O=C(O)c1ccccc1. The number of carboxylic acid groups (broad SMARTS) is 1. The standard InChI is InChI=1S/C22H33N3O2.C7H6O2/c1-13(12-26)15-6-7-16-14-4-5-18-20(24-25-23)19(27)9-11-22(18,3)17(14)8-10-21(15,16)2;8-7(9)6-4-2-1-3-5-6/h13-17,26H,4-12H2,1-3H3;1-5H,(H,8,9)/t13-,14+,15-,16+,17+,21-,22-;/m1./s1. The molecule has 7 nitrogen and oxygen atoms in total. The molecule has 36 heavy (non-hydrogen) atoms. The van der Waals surface area contributed by atoms with Crippen LogP contribution in [-0.4, -0.2) is 28.6 Å². The van der Waals surface area contributed by atoms with Gasteiger partial charge in [0.2, 0.25) is 0 Å². The van der Waals surface area contributed by atoms with Gasteiger partial charge in [0.15, 0.2) is 5.78 Å². The lowest BCUT2D eigenvalue weighted by Gasteiger charge is -2.58. The molecular weight excluding hydrogens is 454 g/mol. The number of fused-ring (bicyclic) bond motifs is 5. The molecule has 1 aromatic carbocycles. The van der Waals surface area contributed by atoms with Crippen LogP contribution in [0.2, 0.25) is 0 Å². The van der Waals surface area contributed by atoms with Gasteiger partial charge in [-0.1, -0.05) is 49.7 Å². The Hall–Kier alpha value is -2.63. The van der Waals surface area contributed by atoms with Crippen molar-refractivity contribution < 1.29 is 19.8 Å². The Morgan fingerprint density at radius 3 is 2.44 bits per heavy atom. The lowest BCUT2D eigenvalue weighted by molar-refractivity contribution is -0.119. The van der Waals surface area contributed by atoms with Gasteiger partial charge >= 0.3 is 5.97 Å². The third-order valence-electron chi connectivity index (χ3n) is 10.3. The summed E-state index contributed by atoms with van der Waals surface area (Å²) in [5.41, 5.74) is 11.2. The van der Waals surface area contributed by atoms with Crippen molar-refractivity contribution in [1.82, 2.24) is 0 Å². The highest BCUT2D eigenvalue weighted by atomic mass is 16.4. The van der Waals surface area contributed by atoms with E-state index in [1.54, 1.807) is 30.3 Å². The number of hydrogen-bond acceptors (Lipinski definition) is 4. The number of nitrogens with zero attached hydrogens (tertiary/aromatic N) is 3. The summed E-state index contributed by atoms with van der Waals surface area (Å²) in [7, 11) is 0. The second kappa shape index (κ2) is 10.4.